The van der Waals surface area contributed by atoms with Gasteiger partial charge in [-0.2, -0.15) is 0 Å². The molecule has 27 heavy (non-hydrogen) atoms. The molecule has 0 aliphatic heterocycles. The minimum atomic E-state index is -0.338. The Morgan fingerprint density at radius 3 is 2.96 bits per heavy atom. The van der Waals surface area contributed by atoms with Gasteiger partial charge in [0.15, 0.2) is 4.96 Å². The fourth-order valence-electron chi connectivity index (χ4n) is 3.54. The largest absolute Gasteiger partial charge is 0.455 e. The van der Waals surface area contributed by atoms with E-state index >= 15 is 0 Å². The Balaban J connectivity index is 1.46. The van der Waals surface area contributed by atoms with Crippen LogP contribution in [0.15, 0.2) is 28.5 Å². The molecule has 0 radical (unpaired) electrons. The molecule has 1 aliphatic carbocycles. The summed E-state index contributed by atoms with van der Waals surface area (Å²) in [4.78, 5) is 31.4. The van der Waals surface area contributed by atoms with E-state index in [1.165, 1.54) is 50.0 Å². The van der Waals surface area contributed by atoms with Gasteiger partial charge in [-0.15, -0.1) is 22.7 Å². The standard InChI is InChI=1S/C20H22N2O3S2/c1-20(2,3)13-4-5-15-12(8-13)9-16(27-15)18(24)25-11-14-10-17(23)22-6-7-26-19(22)21-14/h6-7,9-10,13H,4-5,8,11H2,1-3H3/t13-/m0/s1. The van der Waals surface area contributed by atoms with Crippen LogP contribution in [-0.2, 0) is 24.2 Å². The number of fused-ring (bicyclic) bond motifs is 2. The first-order valence-electron chi connectivity index (χ1n) is 9.06. The Morgan fingerprint density at radius 2 is 2.19 bits per heavy atom. The van der Waals surface area contributed by atoms with Crippen molar-refractivity contribution in [1.82, 2.24) is 9.38 Å². The van der Waals surface area contributed by atoms with Crippen molar-refractivity contribution in [3.05, 3.63) is 55.1 Å². The van der Waals surface area contributed by atoms with Gasteiger partial charge in [-0.25, -0.2) is 9.78 Å². The first-order valence-corrected chi connectivity index (χ1v) is 10.8. The summed E-state index contributed by atoms with van der Waals surface area (Å²) in [7, 11) is 0. The molecule has 3 aromatic rings. The van der Waals surface area contributed by atoms with Crippen LogP contribution in [-0.4, -0.2) is 15.4 Å². The molecule has 0 fully saturated rings. The van der Waals surface area contributed by atoms with Crippen LogP contribution in [0.1, 0.15) is 53.0 Å². The van der Waals surface area contributed by atoms with Crippen LogP contribution in [0.25, 0.3) is 4.96 Å². The lowest BCUT2D eigenvalue weighted by Gasteiger charge is -2.33. The van der Waals surface area contributed by atoms with Crippen LogP contribution in [0.2, 0.25) is 0 Å². The Labute approximate surface area is 165 Å². The average molecular weight is 403 g/mol. The molecular formula is C20H22N2O3S2. The molecule has 1 atom stereocenters. The fourth-order valence-corrected chi connectivity index (χ4v) is 5.38. The summed E-state index contributed by atoms with van der Waals surface area (Å²) in [6.45, 7) is 6.86. The summed E-state index contributed by atoms with van der Waals surface area (Å²) in [5, 5.41) is 1.81. The molecule has 0 unspecified atom stereocenters. The number of rotatable bonds is 3. The zero-order chi connectivity index (χ0) is 19.2. The topological polar surface area (TPSA) is 60.7 Å². The van der Waals surface area contributed by atoms with E-state index in [-0.39, 0.29) is 23.6 Å². The lowest BCUT2D eigenvalue weighted by molar-refractivity contribution is 0.0473. The van der Waals surface area contributed by atoms with Gasteiger partial charge in [0.05, 0.1) is 5.69 Å². The fraction of sp³-hybridized carbons (Fsp3) is 0.450. The van der Waals surface area contributed by atoms with Crippen molar-refractivity contribution in [3.8, 4) is 0 Å². The second-order valence-corrected chi connectivity index (χ2v) is 10.1. The summed E-state index contributed by atoms with van der Waals surface area (Å²) < 4.78 is 6.91. The summed E-state index contributed by atoms with van der Waals surface area (Å²) >= 11 is 2.92. The predicted octanol–water partition coefficient (Wildman–Crippen LogP) is 4.33. The van der Waals surface area contributed by atoms with E-state index in [2.05, 4.69) is 25.8 Å². The number of aromatic nitrogens is 2. The lowest BCUT2D eigenvalue weighted by atomic mass is 9.72. The molecular weight excluding hydrogens is 380 g/mol. The van der Waals surface area contributed by atoms with Crippen LogP contribution in [0.4, 0.5) is 0 Å². The highest BCUT2D eigenvalue weighted by molar-refractivity contribution is 7.15. The Morgan fingerprint density at radius 1 is 1.37 bits per heavy atom. The van der Waals surface area contributed by atoms with Gasteiger partial charge in [0.2, 0.25) is 0 Å². The average Bonchev–Trinajstić information content (AvgIpc) is 3.24. The zero-order valence-electron chi connectivity index (χ0n) is 15.7. The van der Waals surface area contributed by atoms with Crippen molar-refractivity contribution in [2.75, 3.05) is 0 Å². The van der Waals surface area contributed by atoms with Gasteiger partial charge in [0.25, 0.3) is 5.56 Å². The van der Waals surface area contributed by atoms with E-state index in [4.69, 9.17) is 4.74 Å². The van der Waals surface area contributed by atoms with Crippen molar-refractivity contribution in [1.29, 1.82) is 0 Å². The first-order chi connectivity index (χ1) is 12.8. The predicted molar refractivity (Wildman–Crippen MR) is 108 cm³/mol. The second-order valence-electron chi connectivity index (χ2n) is 8.08. The maximum Gasteiger partial charge on any atom is 0.348 e. The van der Waals surface area contributed by atoms with Gasteiger partial charge >= 0.3 is 5.97 Å². The minimum Gasteiger partial charge on any atom is -0.455 e. The number of thiophene rings is 1. The number of esters is 1. The molecule has 4 rings (SSSR count). The Bertz CT molecular complexity index is 1060. The number of hydrogen-bond donors (Lipinski definition) is 0. The molecule has 0 spiro atoms. The van der Waals surface area contributed by atoms with E-state index in [1.54, 1.807) is 11.6 Å². The van der Waals surface area contributed by atoms with E-state index in [0.29, 0.717) is 21.4 Å². The van der Waals surface area contributed by atoms with Crippen molar-refractivity contribution in [2.45, 2.75) is 46.6 Å². The van der Waals surface area contributed by atoms with E-state index in [9.17, 15) is 9.59 Å². The molecule has 3 aromatic heterocycles. The lowest BCUT2D eigenvalue weighted by Crippen LogP contribution is -2.26. The molecule has 0 aromatic carbocycles. The molecule has 1 aliphatic rings. The first kappa shape index (κ1) is 18.4. The number of ether oxygens (including phenoxy) is 1. The number of nitrogens with zero attached hydrogens (tertiary/aromatic N) is 2. The minimum absolute atomic E-state index is 0.00958. The molecule has 5 nitrogen and oxygen atoms in total. The van der Waals surface area contributed by atoms with Gasteiger partial charge in [-0.1, -0.05) is 20.8 Å². The molecule has 0 saturated carbocycles. The summed E-state index contributed by atoms with van der Waals surface area (Å²) in [6.07, 6.45) is 4.91. The highest BCUT2D eigenvalue weighted by atomic mass is 32.1. The van der Waals surface area contributed by atoms with Crippen LogP contribution < -0.4 is 5.56 Å². The Kier molecular flexibility index (Phi) is 4.68. The van der Waals surface area contributed by atoms with Gasteiger partial charge in [0, 0.05) is 22.5 Å². The monoisotopic (exact) mass is 402 g/mol. The second kappa shape index (κ2) is 6.87. The van der Waals surface area contributed by atoms with Crippen molar-refractivity contribution in [2.24, 2.45) is 11.3 Å². The maximum atomic E-state index is 12.5. The van der Waals surface area contributed by atoms with Gasteiger partial charge < -0.3 is 4.74 Å². The molecule has 142 valence electrons. The maximum absolute atomic E-state index is 12.5. The Hall–Kier alpha value is -1.99. The third-order valence-corrected chi connectivity index (χ3v) is 7.19. The van der Waals surface area contributed by atoms with Gasteiger partial charge in [0.1, 0.15) is 11.5 Å². The highest BCUT2D eigenvalue weighted by Gasteiger charge is 2.30. The summed E-state index contributed by atoms with van der Waals surface area (Å²) in [5.41, 5.74) is 1.88. The molecule has 0 bridgehead atoms. The quantitative estimate of drug-likeness (QED) is 0.612. The highest BCUT2D eigenvalue weighted by Crippen LogP contribution is 2.40. The van der Waals surface area contributed by atoms with Crippen LogP contribution in [0, 0.1) is 11.3 Å². The summed E-state index contributed by atoms with van der Waals surface area (Å²) in [6, 6.07) is 3.41. The number of hydrogen-bond acceptors (Lipinski definition) is 6. The molecule has 0 N–H and O–H groups in total. The normalized spacial score (nSPS) is 17.1. The van der Waals surface area contributed by atoms with Crippen LogP contribution in [0.5, 0.6) is 0 Å². The number of carbonyl (C=O) groups is 1. The van der Waals surface area contributed by atoms with E-state index in [1.807, 2.05) is 6.07 Å². The van der Waals surface area contributed by atoms with Crippen molar-refractivity contribution < 1.29 is 9.53 Å². The zero-order valence-corrected chi connectivity index (χ0v) is 17.3. The van der Waals surface area contributed by atoms with Crippen LogP contribution in [0.3, 0.4) is 0 Å². The third-order valence-electron chi connectivity index (χ3n) is 5.22. The van der Waals surface area contributed by atoms with Crippen molar-refractivity contribution in [3.63, 3.8) is 0 Å². The molecule has 7 heteroatoms. The van der Waals surface area contributed by atoms with Crippen LogP contribution >= 0.6 is 22.7 Å². The van der Waals surface area contributed by atoms with E-state index in [0.717, 1.165) is 12.8 Å². The van der Waals surface area contributed by atoms with Crippen molar-refractivity contribution >= 4 is 33.6 Å². The smallest absolute Gasteiger partial charge is 0.348 e. The van der Waals surface area contributed by atoms with Gasteiger partial charge in [-0.05, 0) is 42.2 Å². The third kappa shape index (κ3) is 3.71. The summed E-state index contributed by atoms with van der Waals surface area (Å²) in [5.74, 6) is 0.299. The van der Waals surface area contributed by atoms with Gasteiger partial charge in [-0.3, -0.25) is 9.20 Å². The molecule has 0 amide bonds. The SMILES string of the molecule is CC(C)(C)[C@H]1CCc2sc(C(=O)OCc3cc(=O)n4ccsc4n3)cc2C1. The number of aryl methyl sites for hydroxylation is 1. The van der Waals surface area contributed by atoms with E-state index < -0.39 is 0 Å². The molecule has 0 saturated heterocycles. The number of thiazole rings is 1. The molecule has 3 heterocycles. The number of carbonyl (C=O) groups excluding carboxylic acids is 1.